The molecule has 1 fully saturated rings. The van der Waals surface area contributed by atoms with E-state index in [9.17, 15) is 4.79 Å². The van der Waals surface area contributed by atoms with Crippen LogP contribution in [-0.2, 0) is 11.3 Å². The molecule has 1 N–H and O–H groups in total. The third kappa shape index (κ3) is 4.61. The second kappa shape index (κ2) is 7.84. The first kappa shape index (κ1) is 15.6. The molecular formula is C15H19ClN4O. The fraction of sp³-hybridized carbons (Fsp3) is 0.533. The van der Waals surface area contributed by atoms with Gasteiger partial charge in [0.05, 0.1) is 12.7 Å². The van der Waals surface area contributed by atoms with Crippen LogP contribution in [0.2, 0.25) is 0 Å². The average Bonchev–Trinajstić information content (AvgIpc) is 2.93. The van der Waals surface area contributed by atoms with Gasteiger partial charge in [-0.2, -0.15) is 10.4 Å². The molecule has 0 atom stereocenters. The number of hydrogen-bond acceptors (Lipinski definition) is 3. The van der Waals surface area contributed by atoms with Crippen molar-refractivity contribution in [2.24, 2.45) is 0 Å². The number of carbonyl (C=O) groups excluding carboxylic acids is 1. The molecule has 1 saturated carbocycles. The predicted octanol–water partition coefficient (Wildman–Crippen LogP) is 2.48. The van der Waals surface area contributed by atoms with E-state index in [1.54, 1.807) is 23.2 Å². The summed E-state index contributed by atoms with van der Waals surface area (Å²) in [4.78, 5) is 12.1. The molecule has 0 aromatic carbocycles. The zero-order valence-electron chi connectivity index (χ0n) is 11.9. The monoisotopic (exact) mass is 306 g/mol. The maximum atomic E-state index is 12.1. The van der Waals surface area contributed by atoms with Gasteiger partial charge in [0.2, 0.25) is 0 Å². The van der Waals surface area contributed by atoms with Gasteiger partial charge in [0.1, 0.15) is 11.6 Å². The predicted molar refractivity (Wildman–Crippen MR) is 81.6 cm³/mol. The first-order valence-corrected chi connectivity index (χ1v) is 7.77. The molecule has 21 heavy (non-hydrogen) atoms. The minimum absolute atomic E-state index is 0.117. The summed E-state index contributed by atoms with van der Waals surface area (Å²) in [5, 5.41) is 16.2. The molecular weight excluding hydrogens is 288 g/mol. The van der Waals surface area contributed by atoms with Crippen molar-refractivity contribution in [3.05, 3.63) is 23.5 Å². The third-order valence-electron chi connectivity index (χ3n) is 3.58. The van der Waals surface area contributed by atoms with Crippen LogP contribution >= 0.6 is 11.6 Å². The Labute approximate surface area is 129 Å². The Bertz CT molecular complexity index is 552. The van der Waals surface area contributed by atoms with Crippen LogP contribution in [-0.4, -0.2) is 27.6 Å². The van der Waals surface area contributed by atoms with Gasteiger partial charge in [-0.1, -0.05) is 19.3 Å². The highest BCUT2D eigenvalue weighted by atomic mass is 35.5. The molecule has 1 amide bonds. The fourth-order valence-electron chi connectivity index (χ4n) is 2.49. The van der Waals surface area contributed by atoms with Crippen LogP contribution in [0.15, 0.2) is 18.0 Å². The number of rotatable bonds is 5. The van der Waals surface area contributed by atoms with Crippen LogP contribution in [0.4, 0.5) is 0 Å². The van der Waals surface area contributed by atoms with Crippen molar-refractivity contribution in [1.29, 1.82) is 5.26 Å². The largest absolute Gasteiger partial charge is 0.349 e. The molecule has 1 aliphatic carbocycles. The van der Waals surface area contributed by atoms with Gasteiger partial charge in [0, 0.05) is 23.7 Å². The zero-order chi connectivity index (χ0) is 15.1. The quantitative estimate of drug-likeness (QED) is 0.516. The molecule has 0 radical (unpaired) electrons. The van der Waals surface area contributed by atoms with Crippen molar-refractivity contribution in [2.45, 2.75) is 44.7 Å². The number of amides is 1. The van der Waals surface area contributed by atoms with Gasteiger partial charge >= 0.3 is 0 Å². The van der Waals surface area contributed by atoms with Crippen LogP contribution in [0.5, 0.6) is 0 Å². The van der Waals surface area contributed by atoms with E-state index in [2.05, 4.69) is 10.4 Å². The summed E-state index contributed by atoms with van der Waals surface area (Å²) < 4.78 is 1.69. The lowest BCUT2D eigenvalue weighted by atomic mass is 9.95. The molecule has 2 rings (SSSR count). The van der Waals surface area contributed by atoms with Crippen molar-refractivity contribution in [1.82, 2.24) is 15.1 Å². The number of nitrogens with zero attached hydrogens (tertiary/aromatic N) is 3. The number of halogens is 1. The van der Waals surface area contributed by atoms with Crippen molar-refractivity contribution in [3.8, 4) is 6.07 Å². The highest BCUT2D eigenvalue weighted by molar-refractivity contribution is 6.17. The van der Waals surface area contributed by atoms with Gasteiger partial charge in [-0.25, -0.2) is 0 Å². The topological polar surface area (TPSA) is 70.7 Å². The lowest BCUT2D eigenvalue weighted by Gasteiger charge is -2.22. The molecule has 1 aromatic rings. The summed E-state index contributed by atoms with van der Waals surface area (Å²) >= 11 is 5.64. The summed E-state index contributed by atoms with van der Waals surface area (Å²) in [5.74, 6) is 0.174. The number of aromatic nitrogens is 2. The van der Waals surface area contributed by atoms with Crippen LogP contribution < -0.4 is 5.32 Å². The summed E-state index contributed by atoms with van der Waals surface area (Å²) in [6, 6.07) is 2.16. The van der Waals surface area contributed by atoms with Crippen LogP contribution in [0.1, 0.15) is 37.7 Å². The van der Waals surface area contributed by atoms with Crippen molar-refractivity contribution in [3.63, 3.8) is 0 Å². The van der Waals surface area contributed by atoms with Gasteiger partial charge in [-0.3, -0.25) is 9.48 Å². The summed E-state index contributed by atoms with van der Waals surface area (Å²) in [5.41, 5.74) is 0.849. The van der Waals surface area contributed by atoms with Gasteiger partial charge in [0.25, 0.3) is 5.91 Å². The molecule has 1 heterocycles. The molecule has 1 aliphatic rings. The van der Waals surface area contributed by atoms with Crippen molar-refractivity contribution >= 4 is 23.6 Å². The fourth-order valence-corrected chi connectivity index (χ4v) is 2.66. The SMILES string of the molecule is N#C/C(=C\c1cnn(CCCl)c1)C(=O)NC1CCCCC1. The van der Waals surface area contributed by atoms with E-state index in [1.807, 2.05) is 6.07 Å². The Morgan fingerprint density at radius 1 is 1.52 bits per heavy atom. The Morgan fingerprint density at radius 3 is 2.95 bits per heavy atom. The van der Waals surface area contributed by atoms with Gasteiger partial charge < -0.3 is 5.32 Å². The van der Waals surface area contributed by atoms with Gasteiger partial charge in [-0.05, 0) is 18.9 Å². The smallest absolute Gasteiger partial charge is 0.262 e. The van der Waals surface area contributed by atoms with Crippen LogP contribution in [0, 0.1) is 11.3 Å². The average molecular weight is 307 g/mol. The molecule has 5 nitrogen and oxygen atoms in total. The number of aryl methyl sites for hydroxylation is 1. The molecule has 0 bridgehead atoms. The second-order valence-electron chi connectivity index (χ2n) is 5.20. The Hall–Kier alpha value is -1.80. The minimum Gasteiger partial charge on any atom is -0.349 e. The highest BCUT2D eigenvalue weighted by Gasteiger charge is 2.18. The Kier molecular flexibility index (Phi) is 5.82. The highest BCUT2D eigenvalue weighted by Crippen LogP contribution is 2.18. The van der Waals surface area contributed by atoms with E-state index in [0.29, 0.717) is 12.4 Å². The van der Waals surface area contributed by atoms with Crippen LogP contribution in [0.25, 0.3) is 6.08 Å². The molecule has 0 saturated heterocycles. The summed E-state index contributed by atoms with van der Waals surface area (Å²) in [7, 11) is 0. The number of nitriles is 1. The number of carbonyl (C=O) groups is 1. The second-order valence-corrected chi connectivity index (χ2v) is 5.58. The van der Waals surface area contributed by atoms with E-state index >= 15 is 0 Å². The van der Waals surface area contributed by atoms with E-state index in [1.165, 1.54) is 6.42 Å². The molecule has 0 aliphatic heterocycles. The Morgan fingerprint density at radius 2 is 2.29 bits per heavy atom. The first-order valence-electron chi connectivity index (χ1n) is 7.24. The van der Waals surface area contributed by atoms with Crippen LogP contribution in [0.3, 0.4) is 0 Å². The van der Waals surface area contributed by atoms with E-state index < -0.39 is 0 Å². The number of nitrogens with one attached hydrogen (secondary N) is 1. The lowest BCUT2D eigenvalue weighted by Crippen LogP contribution is -2.36. The summed E-state index contributed by atoms with van der Waals surface area (Å²) in [6.45, 7) is 0.603. The molecule has 112 valence electrons. The third-order valence-corrected chi connectivity index (χ3v) is 3.75. The molecule has 0 unspecified atom stereocenters. The maximum Gasteiger partial charge on any atom is 0.262 e. The lowest BCUT2D eigenvalue weighted by molar-refractivity contribution is -0.117. The summed E-state index contributed by atoms with van der Waals surface area (Å²) in [6.07, 6.45) is 10.5. The number of alkyl halides is 1. The first-order chi connectivity index (χ1) is 10.2. The van der Waals surface area contributed by atoms with Gasteiger partial charge in [0.15, 0.2) is 0 Å². The zero-order valence-corrected chi connectivity index (χ0v) is 12.6. The molecule has 6 heteroatoms. The van der Waals surface area contributed by atoms with Gasteiger partial charge in [-0.15, -0.1) is 11.6 Å². The van der Waals surface area contributed by atoms with Crippen molar-refractivity contribution < 1.29 is 4.79 Å². The molecule has 1 aromatic heterocycles. The van der Waals surface area contributed by atoms with E-state index in [0.717, 1.165) is 31.2 Å². The Balaban J connectivity index is 2.01. The van der Waals surface area contributed by atoms with E-state index in [4.69, 9.17) is 16.9 Å². The van der Waals surface area contributed by atoms with E-state index in [-0.39, 0.29) is 17.5 Å². The maximum absolute atomic E-state index is 12.1. The number of hydrogen-bond donors (Lipinski definition) is 1. The van der Waals surface area contributed by atoms with Crippen molar-refractivity contribution in [2.75, 3.05) is 5.88 Å². The normalized spacial score (nSPS) is 16.5. The standard InChI is InChI=1S/C15H19ClN4O/c16-6-7-20-11-12(10-18-20)8-13(9-17)15(21)19-14-4-2-1-3-5-14/h8,10-11,14H,1-7H2,(H,19,21)/b13-8+. The molecule has 0 spiro atoms. The minimum atomic E-state index is -0.297.